The fraction of sp³-hybridized carbons (Fsp3) is 0.567. The number of aliphatic hydroxyl groups excluding tert-OH is 1. The van der Waals surface area contributed by atoms with Gasteiger partial charge in [0, 0.05) is 32.7 Å². The molecule has 37 heavy (non-hydrogen) atoms. The summed E-state index contributed by atoms with van der Waals surface area (Å²) in [6, 6.07) is 12.4. The second-order valence-corrected chi connectivity index (χ2v) is 10.5. The van der Waals surface area contributed by atoms with E-state index in [1.807, 2.05) is 24.3 Å². The maximum atomic E-state index is 11.3. The number of piperidine rings is 1. The fourth-order valence-corrected chi connectivity index (χ4v) is 5.54. The predicted molar refractivity (Wildman–Crippen MR) is 145 cm³/mol. The summed E-state index contributed by atoms with van der Waals surface area (Å²) in [5, 5.41) is 19.0. The number of likely N-dealkylation sites (tertiary alicyclic amines) is 2. The molecular weight excluding hydrogens is 468 g/mol. The molecule has 0 saturated carbocycles. The molecule has 4 rings (SSSR count). The number of aliphatic carboxylic acids is 1. The van der Waals surface area contributed by atoms with Gasteiger partial charge < -0.3 is 29.5 Å². The van der Waals surface area contributed by atoms with Crippen LogP contribution < -0.4 is 9.47 Å². The number of aliphatic hydroxyl groups is 1. The number of hydrogen-bond acceptors (Lipinski definition) is 6. The number of ether oxygens (including phenoxy) is 2. The molecule has 0 spiro atoms. The van der Waals surface area contributed by atoms with E-state index in [2.05, 4.69) is 35.8 Å². The van der Waals surface area contributed by atoms with Crippen molar-refractivity contribution < 1.29 is 24.5 Å². The molecule has 0 aliphatic carbocycles. The number of nitrogens with zero attached hydrogens (tertiary/aromatic N) is 2. The first-order chi connectivity index (χ1) is 17.9. The maximum absolute atomic E-state index is 11.3. The van der Waals surface area contributed by atoms with Crippen molar-refractivity contribution in [2.45, 2.75) is 52.1 Å². The molecule has 2 N–H and O–H groups in total. The third-order valence-electron chi connectivity index (χ3n) is 7.71. The molecule has 0 radical (unpaired) electrons. The van der Waals surface area contributed by atoms with Crippen molar-refractivity contribution in [2.75, 3.05) is 52.5 Å². The summed E-state index contributed by atoms with van der Waals surface area (Å²) in [5.74, 6) is 0.876. The van der Waals surface area contributed by atoms with Gasteiger partial charge in [-0.15, -0.1) is 0 Å². The van der Waals surface area contributed by atoms with Gasteiger partial charge in [0.15, 0.2) is 0 Å². The number of hydrogen-bond donors (Lipinski definition) is 2. The molecule has 2 unspecified atom stereocenters. The van der Waals surface area contributed by atoms with Gasteiger partial charge in [-0.05, 0) is 86.9 Å². The van der Waals surface area contributed by atoms with E-state index >= 15 is 0 Å². The Kier molecular flexibility index (Phi) is 9.83. The zero-order chi connectivity index (χ0) is 26.2. The van der Waals surface area contributed by atoms with Gasteiger partial charge in [0.1, 0.15) is 11.5 Å². The topological polar surface area (TPSA) is 82.5 Å². The van der Waals surface area contributed by atoms with Crippen molar-refractivity contribution in [1.29, 1.82) is 0 Å². The van der Waals surface area contributed by atoms with Crippen LogP contribution in [0.15, 0.2) is 36.4 Å². The Hall–Kier alpha value is -2.61. The van der Waals surface area contributed by atoms with Gasteiger partial charge in [0.05, 0.1) is 25.2 Å². The molecular formula is C30H42N2O5. The first-order valence-electron chi connectivity index (χ1n) is 13.7. The summed E-state index contributed by atoms with van der Waals surface area (Å²) in [5.41, 5.74) is 4.53. The quantitative estimate of drug-likeness (QED) is 0.410. The SMILES string of the molecule is Cc1c(OCCCN2CCC(O)C2)cccc1-c1cccc(OCCCN2CCCC(C(=O)O)C2)c1C. The third-order valence-corrected chi connectivity index (χ3v) is 7.71. The minimum absolute atomic E-state index is 0.177. The molecule has 0 bridgehead atoms. The van der Waals surface area contributed by atoms with Crippen molar-refractivity contribution in [1.82, 2.24) is 9.80 Å². The number of rotatable bonds is 12. The Labute approximate surface area is 221 Å². The highest BCUT2D eigenvalue weighted by atomic mass is 16.5. The lowest BCUT2D eigenvalue weighted by molar-refractivity contribution is -0.143. The van der Waals surface area contributed by atoms with Gasteiger partial charge in [0.25, 0.3) is 0 Å². The number of carboxylic acids is 1. The first kappa shape index (κ1) is 27.4. The Bertz CT molecular complexity index is 1040. The molecule has 7 nitrogen and oxygen atoms in total. The van der Waals surface area contributed by atoms with Crippen LogP contribution >= 0.6 is 0 Å². The van der Waals surface area contributed by atoms with Crippen LogP contribution in [-0.4, -0.2) is 84.6 Å². The van der Waals surface area contributed by atoms with Crippen molar-refractivity contribution in [3.05, 3.63) is 47.5 Å². The average Bonchev–Trinajstić information content (AvgIpc) is 3.31. The van der Waals surface area contributed by atoms with Crippen molar-refractivity contribution in [3.8, 4) is 22.6 Å². The van der Waals surface area contributed by atoms with E-state index in [0.717, 1.165) is 98.6 Å². The van der Waals surface area contributed by atoms with Crippen LogP contribution in [0.4, 0.5) is 0 Å². The summed E-state index contributed by atoms with van der Waals surface area (Å²) in [6.45, 7) is 10.6. The Morgan fingerprint density at radius 3 is 1.95 bits per heavy atom. The van der Waals surface area contributed by atoms with Gasteiger partial charge >= 0.3 is 5.97 Å². The van der Waals surface area contributed by atoms with Crippen molar-refractivity contribution >= 4 is 5.97 Å². The highest BCUT2D eigenvalue weighted by Gasteiger charge is 2.25. The first-order valence-corrected chi connectivity index (χ1v) is 13.7. The molecule has 2 aliphatic rings. The summed E-state index contributed by atoms with van der Waals surface area (Å²) >= 11 is 0. The lowest BCUT2D eigenvalue weighted by Gasteiger charge is -2.30. The normalized spacial score (nSPS) is 20.7. The molecule has 0 aromatic heterocycles. The van der Waals surface area contributed by atoms with Crippen LogP contribution in [0, 0.1) is 19.8 Å². The van der Waals surface area contributed by atoms with Crippen LogP contribution in [0.1, 0.15) is 43.2 Å². The third kappa shape index (κ3) is 7.46. The van der Waals surface area contributed by atoms with Crippen LogP contribution in [0.25, 0.3) is 11.1 Å². The van der Waals surface area contributed by atoms with E-state index in [1.165, 1.54) is 0 Å². The number of benzene rings is 2. The molecule has 2 aromatic rings. The average molecular weight is 511 g/mol. The highest BCUT2D eigenvalue weighted by molar-refractivity contribution is 5.74. The van der Waals surface area contributed by atoms with Crippen LogP contribution in [0.3, 0.4) is 0 Å². The fourth-order valence-electron chi connectivity index (χ4n) is 5.54. The highest BCUT2D eigenvalue weighted by Crippen LogP contribution is 2.35. The maximum Gasteiger partial charge on any atom is 0.307 e. The van der Waals surface area contributed by atoms with E-state index in [-0.39, 0.29) is 12.0 Å². The predicted octanol–water partition coefficient (Wildman–Crippen LogP) is 4.37. The number of β-amino-alcohol motifs (C(OH)–C–C–N with tert-alkyl or cyclic N) is 1. The lowest BCUT2D eigenvalue weighted by atomic mass is 9.95. The monoisotopic (exact) mass is 510 g/mol. The summed E-state index contributed by atoms with van der Waals surface area (Å²) in [7, 11) is 0. The van der Waals surface area contributed by atoms with Crippen LogP contribution in [-0.2, 0) is 4.79 Å². The molecule has 2 fully saturated rings. The van der Waals surface area contributed by atoms with E-state index in [9.17, 15) is 15.0 Å². The van der Waals surface area contributed by atoms with Gasteiger partial charge in [-0.3, -0.25) is 4.79 Å². The molecule has 2 saturated heterocycles. The summed E-state index contributed by atoms with van der Waals surface area (Å²) in [6.07, 6.45) is 4.23. The molecule has 2 aromatic carbocycles. The molecule has 202 valence electrons. The minimum Gasteiger partial charge on any atom is -0.493 e. The molecule has 2 aliphatic heterocycles. The van der Waals surface area contributed by atoms with Crippen molar-refractivity contribution in [2.24, 2.45) is 5.92 Å². The van der Waals surface area contributed by atoms with Gasteiger partial charge in [0.2, 0.25) is 0 Å². The molecule has 2 heterocycles. The summed E-state index contributed by atoms with van der Waals surface area (Å²) < 4.78 is 12.3. The largest absolute Gasteiger partial charge is 0.493 e. The van der Waals surface area contributed by atoms with E-state index in [0.29, 0.717) is 19.8 Å². The lowest BCUT2D eigenvalue weighted by Crippen LogP contribution is -2.39. The zero-order valence-electron chi connectivity index (χ0n) is 22.3. The number of carboxylic acid groups (broad SMARTS) is 1. The van der Waals surface area contributed by atoms with E-state index in [1.54, 1.807) is 0 Å². The Balaban J connectivity index is 1.30. The second-order valence-electron chi connectivity index (χ2n) is 10.5. The number of carbonyl (C=O) groups is 1. The smallest absolute Gasteiger partial charge is 0.307 e. The Morgan fingerprint density at radius 2 is 1.43 bits per heavy atom. The van der Waals surface area contributed by atoms with Crippen LogP contribution in [0.5, 0.6) is 11.5 Å². The van der Waals surface area contributed by atoms with E-state index < -0.39 is 5.97 Å². The Morgan fingerprint density at radius 1 is 0.865 bits per heavy atom. The van der Waals surface area contributed by atoms with E-state index in [4.69, 9.17) is 9.47 Å². The van der Waals surface area contributed by atoms with Gasteiger partial charge in [-0.2, -0.15) is 0 Å². The van der Waals surface area contributed by atoms with Gasteiger partial charge in [-0.1, -0.05) is 24.3 Å². The minimum atomic E-state index is -0.680. The second kappa shape index (κ2) is 13.3. The van der Waals surface area contributed by atoms with Crippen LogP contribution in [0.2, 0.25) is 0 Å². The molecule has 2 atom stereocenters. The van der Waals surface area contributed by atoms with Gasteiger partial charge in [-0.25, -0.2) is 0 Å². The standard InChI is InChI=1S/C30H42N2O5/c1-22-26(9-3-11-28(22)36-18-6-15-31-14-5-8-24(20-31)30(34)35)27-10-4-12-29(23(27)2)37-19-7-16-32-17-13-25(33)21-32/h3-4,9-12,24-25,33H,5-8,13-21H2,1-2H3,(H,34,35). The molecule has 7 heteroatoms. The van der Waals surface area contributed by atoms with Crippen molar-refractivity contribution in [3.63, 3.8) is 0 Å². The molecule has 0 amide bonds. The summed E-state index contributed by atoms with van der Waals surface area (Å²) in [4.78, 5) is 15.8. The zero-order valence-corrected chi connectivity index (χ0v) is 22.3.